The molecule has 1 heterocycles. The summed E-state index contributed by atoms with van der Waals surface area (Å²) in [6.45, 7) is 10.3. The van der Waals surface area contributed by atoms with Gasteiger partial charge in [0.05, 0.1) is 0 Å². The van der Waals surface area contributed by atoms with Gasteiger partial charge >= 0.3 is 0 Å². The smallest absolute Gasteiger partial charge is 0.123 e. The molecule has 0 bridgehead atoms. The van der Waals surface area contributed by atoms with Gasteiger partial charge in [0.2, 0.25) is 0 Å². The molecular formula is C51H43NOS. The summed E-state index contributed by atoms with van der Waals surface area (Å²) in [5.74, 6) is 0.621. The number of aromatic hydroxyl groups is 1. The average Bonchev–Trinajstić information content (AvgIpc) is 3.58. The zero-order valence-electron chi connectivity index (χ0n) is 31.0. The first-order valence-corrected chi connectivity index (χ1v) is 19.4. The Hall–Kier alpha value is -6.16. The monoisotopic (exact) mass is 717 g/mol. The fourth-order valence-corrected chi connectivity index (χ4v) is 8.72. The molecule has 3 heteroatoms. The number of anilines is 2. The summed E-state index contributed by atoms with van der Waals surface area (Å²) in [6, 6.07) is 49.9. The molecule has 0 saturated carbocycles. The van der Waals surface area contributed by atoms with E-state index in [1.54, 1.807) is 12.1 Å². The van der Waals surface area contributed by atoms with Crippen molar-refractivity contribution in [1.82, 2.24) is 0 Å². The minimum absolute atomic E-state index is 0.264. The molecule has 0 aliphatic heterocycles. The first kappa shape index (κ1) is 34.9. The van der Waals surface area contributed by atoms with E-state index in [0.29, 0.717) is 5.92 Å². The summed E-state index contributed by atoms with van der Waals surface area (Å²) >= 11 is 1.85. The number of hydrogen-bond donors (Lipinski definition) is 1. The predicted octanol–water partition coefficient (Wildman–Crippen LogP) is 14.8. The fraction of sp³-hybridized carbons (Fsp3) is 0.0980. The number of allylic oxidation sites excluding steroid dienone is 9. The lowest BCUT2D eigenvalue weighted by molar-refractivity contribution is 0.473. The van der Waals surface area contributed by atoms with Crippen molar-refractivity contribution in [2.45, 2.75) is 27.2 Å². The van der Waals surface area contributed by atoms with Crippen LogP contribution >= 0.6 is 11.3 Å². The molecule has 0 radical (unpaired) electrons. The molecule has 1 aliphatic rings. The zero-order valence-corrected chi connectivity index (χ0v) is 31.8. The summed E-state index contributed by atoms with van der Waals surface area (Å²) < 4.78 is 2.64. The highest BCUT2D eigenvalue weighted by atomic mass is 32.1. The lowest BCUT2D eigenvalue weighted by atomic mass is 9.86. The number of phenols is 1. The summed E-state index contributed by atoms with van der Waals surface area (Å²) in [4.78, 5) is 2.40. The number of benzene rings is 6. The quantitative estimate of drug-likeness (QED) is 0.150. The topological polar surface area (TPSA) is 23.5 Å². The maximum absolute atomic E-state index is 10.9. The van der Waals surface area contributed by atoms with Gasteiger partial charge < -0.3 is 10.0 Å². The van der Waals surface area contributed by atoms with E-state index in [1.807, 2.05) is 29.6 Å². The molecule has 1 unspecified atom stereocenters. The minimum Gasteiger partial charge on any atom is -0.507 e. The van der Waals surface area contributed by atoms with Crippen molar-refractivity contribution >= 4 is 54.0 Å². The third-order valence-corrected chi connectivity index (χ3v) is 11.6. The van der Waals surface area contributed by atoms with Crippen LogP contribution in [0.2, 0.25) is 0 Å². The van der Waals surface area contributed by atoms with E-state index < -0.39 is 0 Å². The third kappa shape index (κ3) is 6.87. The SMILES string of the molecule is C=C/C=C\C(=C(C)C)c1cc(-c2ccc(N(C3=CC=C(c4ccccc4)C(C)C3)c3ccc(-c4ccc5sc6ccccc6c5c4)cc3)cc2)ccc1O. The number of nitrogens with zero attached hydrogens (tertiary/aromatic N) is 1. The van der Waals surface area contributed by atoms with Gasteiger partial charge in [0.15, 0.2) is 0 Å². The predicted molar refractivity (Wildman–Crippen MR) is 234 cm³/mol. The largest absolute Gasteiger partial charge is 0.507 e. The van der Waals surface area contributed by atoms with Gasteiger partial charge in [-0.1, -0.05) is 128 Å². The van der Waals surface area contributed by atoms with Crippen LogP contribution in [-0.2, 0) is 0 Å². The van der Waals surface area contributed by atoms with E-state index in [4.69, 9.17) is 0 Å². The summed E-state index contributed by atoms with van der Waals surface area (Å²) in [7, 11) is 0. The van der Waals surface area contributed by atoms with Crippen LogP contribution in [0.25, 0.3) is 53.6 Å². The minimum atomic E-state index is 0.264. The van der Waals surface area contributed by atoms with Crippen molar-refractivity contribution in [1.29, 1.82) is 0 Å². The average molecular weight is 718 g/mol. The van der Waals surface area contributed by atoms with Crippen LogP contribution < -0.4 is 4.90 Å². The van der Waals surface area contributed by atoms with Gasteiger partial charge in [0, 0.05) is 42.8 Å². The molecule has 1 aliphatic carbocycles. The molecule has 0 spiro atoms. The Balaban J connectivity index is 1.17. The zero-order chi connectivity index (χ0) is 37.2. The summed E-state index contributed by atoms with van der Waals surface area (Å²) in [5.41, 5.74) is 13.6. The van der Waals surface area contributed by atoms with Crippen molar-refractivity contribution < 1.29 is 5.11 Å². The van der Waals surface area contributed by atoms with Crippen LogP contribution in [0.3, 0.4) is 0 Å². The molecule has 1 atom stereocenters. The number of fused-ring (bicyclic) bond motifs is 3. The molecule has 2 nitrogen and oxygen atoms in total. The van der Waals surface area contributed by atoms with Gasteiger partial charge in [0.1, 0.15) is 5.75 Å². The second kappa shape index (κ2) is 15.1. The number of rotatable bonds is 9. The third-order valence-electron chi connectivity index (χ3n) is 10.4. The molecule has 0 fully saturated rings. The van der Waals surface area contributed by atoms with Crippen molar-refractivity contribution in [3.63, 3.8) is 0 Å². The Bertz CT molecular complexity index is 2610. The van der Waals surface area contributed by atoms with Gasteiger partial charge in [0.25, 0.3) is 0 Å². The highest BCUT2D eigenvalue weighted by molar-refractivity contribution is 7.25. The molecule has 6 aromatic carbocycles. The molecule has 0 amide bonds. The molecule has 1 aromatic heterocycles. The molecular weight excluding hydrogens is 675 g/mol. The van der Waals surface area contributed by atoms with Crippen LogP contribution in [0.5, 0.6) is 5.75 Å². The lowest BCUT2D eigenvalue weighted by Gasteiger charge is -2.32. The van der Waals surface area contributed by atoms with Gasteiger partial charge in [-0.3, -0.25) is 0 Å². The van der Waals surface area contributed by atoms with E-state index in [9.17, 15) is 5.11 Å². The van der Waals surface area contributed by atoms with E-state index in [1.165, 1.54) is 48.1 Å². The van der Waals surface area contributed by atoms with Crippen LogP contribution in [0.15, 0.2) is 188 Å². The first-order chi connectivity index (χ1) is 26.4. The highest BCUT2D eigenvalue weighted by Gasteiger charge is 2.23. The molecule has 0 saturated heterocycles. The van der Waals surface area contributed by atoms with Gasteiger partial charge in [-0.2, -0.15) is 0 Å². The van der Waals surface area contributed by atoms with E-state index in [-0.39, 0.29) is 5.75 Å². The van der Waals surface area contributed by atoms with Crippen molar-refractivity contribution in [2.75, 3.05) is 4.90 Å². The van der Waals surface area contributed by atoms with Crippen molar-refractivity contribution in [3.05, 3.63) is 199 Å². The van der Waals surface area contributed by atoms with Crippen molar-refractivity contribution in [3.8, 4) is 28.0 Å². The Labute approximate surface area is 322 Å². The van der Waals surface area contributed by atoms with Crippen LogP contribution in [-0.4, -0.2) is 5.11 Å². The Morgan fingerprint density at radius 3 is 1.94 bits per heavy atom. The first-order valence-electron chi connectivity index (χ1n) is 18.6. The highest BCUT2D eigenvalue weighted by Crippen LogP contribution is 2.42. The second-order valence-electron chi connectivity index (χ2n) is 14.2. The maximum atomic E-state index is 10.9. The van der Waals surface area contributed by atoms with Gasteiger partial charge in [-0.25, -0.2) is 0 Å². The van der Waals surface area contributed by atoms with Crippen molar-refractivity contribution in [2.24, 2.45) is 5.92 Å². The normalized spacial score (nSPS) is 14.2. The molecule has 264 valence electrons. The van der Waals surface area contributed by atoms with Gasteiger partial charge in [-0.05, 0) is 126 Å². The van der Waals surface area contributed by atoms with E-state index >= 15 is 0 Å². The Kier molecular flexibility index (Phi) is 9.73. The van der Waals surface area contributed by atoms with E-state index in [0.717, 1.165) is 45.6 Å². The van der Waals surface area contributed by atoms with E-state index in [2.05, 4.69) is 172 Å². The number of thiophene rings is 1. The molecule has 54 heavy (non-hydrogen) atoms. The molecule has 1 N–H and O–H groups in total. The number of hydrogen-bond acceptors (Lipinski definition) is 3. The summed E-state index contributed by atoms with van der Waals surface area (Å²) in [5, 5.41) is 13.5. The summed E-state index contributed by atoms with van der Waals surface area (Å²) in [6.07, 6.45) is 11.2. The number of phenolic OH excluding ortho intramolecular Hbond substituents is 1. The standard InChI is InChI=1S/C51H43NOS/c1-5-6-14-44(34(2)3)47-32-39(21-29-49(47)53)36-17-23-41(24-18-36)52(43-27-28-45(35(4)31-43)38-12-8-7-9-13-38)42-25-19-37(20-26-42)40-22-30-51-48(33-40)46-15-10-11-16-50(46)54-51/h5-30,32-33,35,53H,1,31H2,2-4H3/b14-6-. The Morgan fingerprint density at radius 2 is 1.28 bits per heavy atom. The molecule has 7 aromatic rings. The molecule has 8 rings (SSSR count). The van der Waals surface area contributed by atoms with Gasteiger partial charge in [-0.15, -0.1) is 11.3 Å². The van der Waals surface area contributed by atoms with Crippen LogP contribution in [0.1, 0.15) is 38.3 Å². The Morgan fingerprint density at radius 1 is 0.667 bits per heavy atom. The fourth-order valence-electron chi connectivity index (χ4n) is 7.63. The maximum Gasteiger partial charge on any atom is 0.123 e. The van der Waals surface area contributed by atoms with Crippen LogP contribution in [0, 0.1) is 5.92 Å². The lowest BCUT2D eigenvalue weighted by Crippen LogP contribution is -2.20. The second-order valence-corrected chi connectivity index (χ2v) is 15.3. The van der Waals surface area contributed by atoms with Crippen LogP contribution in [0.4, 0.5) is 11.4 Å².